The van der Waals surface area contributed by atoms with E-state index >= 15 is 0 Å². The smallest absolute Gasteiger partial charge is 0.340 e. The molecule has 0 unspecified atom stereocenters. The number of aryl methyl sites for hydroxylation is 2. The molecule has 2 aromatic heterocycles. The Balaban J connectivity index is 1.70. The highest BCUT2D eigenvalue weighted by molar-refractivity contribution is 5.99. The maximum atomic E-state index is 12.5. The van der Waals surface area contributed by atoms with E-state index in [-0.39, 0.29) is 12.5 Å². The zero-order valence-corrected chi connectivity index (χ0v) is 15.0. The van der Waals surface area contributed by atoms with Gasteiger partial charge in [0.2, 0.25) is 0 Å². The highest BCUT2D eigenvalue weighted by Gasteiger charge is 2.20. The van der Waals surface area contributed by atoms with Crippen molar-refractivity contribution < 1.29 is 18.7 Å². The number of benzene rings is 1. The lowest BCUT2D eigenvalue weighted by Crippen LogP contribution is -2.31. The Kier molecular flexibility index (Phi) is 5.02. The van der Waals surface area contributed by atoms with Crippen LogP contribution < -0.4 is 0 Å². The van der Waals surface area contributed by atoms with Gasteiger partial charge in [-0.2, -0.15) is 0 Å². The fourth-order valence-corrected chi connectivity index (χ4v) is 2.87. The van der Waals surface area contributed by atoms with Crippen LogP contribution in [0, 0.1) is 13.8 Å². The van der Waals surface area contributed by atoms with Gasteiger partial charge in [-0.25, -0.2) is 4.79 Å². The molecule has 2 heterocycles. The molecule has 0 saturated heterocycles. The van der Waals surface area contributed by atoms with Crippen LogP contribution in [0.5, 0.6) is 0 Å². The number of para-hydroxylation sites is 1. The minimum atomic E-state index is -0.544. The molecule has 134 valence electrons. The first-order valence-electron chi connectivity index (χ1n) is 8.26. The molecule has 3 aromatic rings. The number of furan rings is 1. The predicted octanol–water partition coefficient (Wildman–Crippen LogP) is 3.26. The van der Waals surface area contributed by atoms with E-state index < -0.39 is 5.97 Å². The first-order valence-corrected chi connectivity index (χ1v) is 8.26. The van der Waals surface area contributed by atoms with Crippen LogP contribution in [0.4, 0.5) is 0 Å². The van der Waals surface area contributed by atoms with E-state index in [0.29, 0.717) is 23.6 Å². The minimum absolute atomic E-state index is 0.307. The number of ether oxygens (including phenoxy) is 1. The van der Waals surface area contributed by atoms with E-state index in [2.05, 4.69) is 4.98 Å². The quantitative estimate of drug-likeness (QED) is 0.659. The molecule has 6 nitrogen and oxygen atoms in total. The Morgan fingerprint density at radius 2 is 1.92 bits per heavy atom. The Morgan fingerprint density at radius 1 is 1.15 bits per heavy atom. The van der Waals surface area contributed by atoms with E-state index in [0.717, 1.165) is 16.5 Å². The van der Waals surface area contributed by atoms with Crippen LogP contribution in [-0.4, -0.2) is 35.4 Å². The summed E-state index contributed by atoms with van der Waals surface area (Å²) in [4.78, 5) is 30.6. The fourth-order valence-electron chi connectivity index (χ4n) is 2.87. The summed E-state index contributed by atoms with van der Waals surface area (Å²) < 4.78 is 10.5. The van der Waals surface area contributed by atoms with Crippen LogP contribution in [0.1, 0.15) is 27.4 Å². The van der Waals surface area contributed by atoms with Crippen molar-refractivity contribution in [3.63, 3.8) is 0 Å². The minimum Gasteiger partial charge on any atom is -0.467 e. The summed E-state index contributed by atoms with van der Waals surface area (Å²) in [7, 11) is 1.63. The zero-order valence-electron chi connectivity index (χ0n) is 15.0. The van der Waals surface area contributed by atoms with E-state index in [1.165, 1.54) is 4.90 Å². The van der Waals surface area contributed by atoms with Crippen molar-refractivity contribution in [2.45, 2.75) is 20.4 Å². The van der Waals surface area contributed by atoms with Crippen molar-refractivity contribution in [2.24, 2.45) is 0 Å². The molecule has 0 aliphatic carbocycles. The number of hydrogen-bond acceptors (Lipinski definition) is 5. The van der Waals surface area contributed by atoms with Gasteiger partial charge < -0.3 is 14.1 Å². The van der Waals surface area contributed by atoms with Crippen LogP contribution in [0.25, 0.3) is 10.9 Å². The number of carbonyl (C=O) groups excluding carboxylic acids is 2. The van der Waals surface area contributed by atoms with Crippen molar-refractivity contribution >= 4 is 22.8 Å². The van der Waals surface area contributed by atoms with Crippen LogP contribution in [0.15, 0.2) is 47.1 Å². The molecule has 1 amide bonds. The highest BCUT2D eigenvalue weighted by atomic mass is 16.5. The average molecular weight is 352 g/mol. The van der Waals surface area contributed by atoms with Crippen LogP contribution in [0.3, 0.4) is 0 Å². The summed E-state index contributed by atoms with van der Waals surface area (Å²) in [6.07, 6.45) is 1.55. The molecule has 0 aliphatic rings. The average Bonchev–Trinajstić information content (AvgIpc) is 3.12. The summed E-state index contributed by atoms with van der Waals surface area (Å²) in [5.41, 5.74) is 2.62. The van der Waals surface area contributed by atoms with Crippen molar-refractivity contribution in [2.75, 3.05) is 13.7 Å². The number of esters is 1. The molecule has 6 heteroatoms. The number of fused-ring (bicyclic) bond motifs is 1. The van der Waals surface area contributed by atoms with E-state index in [9.17, 15) is 9.59 Å². The maximum Gasteiger partial charge on any atom is 0.340 e. The number of carbonyl (C=O) groups is 2. The van der Waals surface area contributed by atoms with E-state index in [4.69, 9.17) is 9.15 Å². The molecule has 0 aliphatic heterocycles. The molecule has 3 rings (SSSR count). The number of amides is 1. The standard InChI is InChI=1S/C20H20N2O4/c1-13-16-8-4-5-9-17(16)21-14(2)19(13)20(24)26-12-18(23)22(3)11-15-7-6-10-25-15/h4-10H,11-12H2,1-3H3. The van der Waals surface area contributed by atoms with Crippen molar-refractivity contribution in [1.82, 2.24) is 9.88 Å². The Bertz CT molecular complexity index is 948. The first kappa shape index (κ1) is 17.7. The summed E-state index contributed by atoms with van der Waals surface area (Å²) in [6, 6.07) is 11.2. The topological polar surface area (TPSA) is 72.6 Å². The highest BCUT2D eigenvalue weighted by Crippen LogP contribution is 2.23. The third-order valence-electron chi connectivity index (χ3n) is 4.26. The molecule has 26 heavy (non-hydrogen) atoms. The second-order valence-electron chi connectivity index (χ2n) is 6.12. The van der Waals surface area contributed by atoms with Gasteiger partial charge >= 0.3 is 5.97 Å². The first-order chi connectivity index (χ1) is 12.5. The third kappa shape index (κ3) is 3.59. The zero-order chi connectivity index (χ0) is 18.7. The van der Waals surface area contributed by atoms with E-state index in [1.54, 1.807) is 32.4 Å². The number of pyridine rings is 1. The van der Waals surface area contributed by atoms with E-state index in [1.807, 2.05) is 31.2 Å². The predicted molar refractivity (Wildman–Crippen MR) is 96.7 cm³/mol. The Morgan fingerprint density at radius 3 is 2.65 bits per heavy atom. The SMILES string of the molecule is Cc1nc2ccccc2c(C)c1C(=O)OCC(=O)N(C)Cc1ccco1. The summed E-state index contributed by atoms with van der Waals surface area (Å²) in [5.74, 6) is -0.186. The van der Waals surface area contributed by atoms with Gasteiger partial charge in [-0.05, 0) is 37.6 Å². The molecule has 0 N–H and O–H groups in total. The maximum absolute atomic E-state index is 12.5. The molecule has 0 bridgehead atoms. The molecule has 0 saturated carbocycles. The molecular weight excluding hydrogens is 332 g/mol. The largest absolute Gasteiger partial charge is 0.467 e. The lowest BCUT2D eigenvalue weighted by atomic mass is 10.0. The van der Waals surface area contributed by atoms with Crippen molar-refractivity contribution in [3.05, 3.63) is 65.2 Å². The number of aromatic nitrogens is 1. The third-order valence-corrected chi connectivity index (χ3v) is 4.26. The molecule has 0 atom stereocenters. The Labute approximate surface area is 151 Å². The second kappa shape index (κ2) is 7.39. The lowest BCUT2D eigenvalue weighted by molar-refractivity contribution is -0.134. The lowest BCUT2D eigenvalue weighted by Gasteiger charge is -2.16. The van der Waals surface area contributed by atoms with Gasteiger partial charge in [-0.3, -0.25) is 9.78 Å². The normalized spacial score (nSPS) is 10.7. The van der Waals surface area contributed by atoms with Crippen molar-refractivity contribution in [1.29, 1.82) is 0 Å². The van der Waals surface area contributed by atoms with Gasteiger partial charge in [-0.1, -0.05) is 18.2 Å². The van der Waals surface area contributed by atoms with Gasteiger partial charge in [0.25, 0.3) is 5.91 Å². The van der Waals surface area contributed by atoms with Crippen molar-refractivity contribution in [3.8, 4) is 0 Å². The Hall–Kier alpha value is -3.15. The number of nitrogens with zero attached hydrogens (tertiary/aromatic N) is 2. The monoisotopic (exact) mass is 352 g/mol. The summed E-state index contributed by atoms with van der Waals surface area (Å²) in [5, 5.41) is 0.895. The summed E-state index contributed by atoms with van der Waals surface area (Å²) >= 11 is 0. The van der Waals surface area contributed by atoms with Crippen LogP contribution >= 0.6 is 0 Å². The fraction of sp³-hybridized carbons (Fsp3) is 0.250. The number of likely N-dealkylation sites (N-methyl/N-ethyl adjacent to an activating group) is 1. The second-order valence-corrected chi connectivity index (χ2v) is 6.12. The number of rotatable bonds is 5. The van der Waals surface area contributed by atoms with Gasteiger partial charge in [0, 0.05) is 12.4 Å². The summed E-state index contributed by atoms with van der Waals surface area (Å²) in [6.45, 7) is 3.61. The molecule has 0 radical (unpaired) electrons. The van der Waals surface area contributed by atoms with Gasteiger partial charge in [0.1, 0.15) is 5.76 Å². The van der Waals surface area contributed by atoms with Gasteiger partial charge in [-0.15, -0.1) is 0 Å². The molecule has 0 spiro atoms. The molecule has 0 fully saturated rings. The van der Waals surface area contributed by atoms with Gasteiger partial charge in [0.05, 0.1) is 29.6 Å². The van der Waals surface area contributed by atoms with Gasteiger partial charge in [0.15, 0.2) is 6.61 Å². The van der Waals surface area contributed by atoms with Crippen LogP contribution in [-0.2, 0) is 16.1 Å². The van der Waals surface area contributed by atoms with Crippen LogP contribution in [0.2, 0.25) is 0 Å². The molecular formula is C20H20N2O4. The molecule has 1 aromatic carbocycles. The number of hydrogen-bond donors (Lipinski definition) is 0.